The second kappa shape index (κ2) is 7.99. The van der Waals surface area contributed by atoms with E-state index in [9.17, 15) is 9.90 Å². The van der Waals surface area contributed by atoms with E-state index in [1.54, 1.807) is 0 Å². The number of nitrogens with zero attached hydrogens (tertiary/aromatic N) is 1. The van der Waals surface area contributed by atoms with Crippen molar-refractivity contribution in [3.63, 3.8) is 0 Å². The Balaban J connectivity index is 1.47. The molecule has 3 rings (SSSR count). The van der Waals surface area contributed by atoms with Crippen LogP contribution in [0.3, 0.4) is 0 Å². The molecule has 1 amide bonds. The molecule has 130 valence electrons. The number of aliphatic hydroxyl groups is 1. The van der Waals surface area contributed by atoms with Gasteiger partial charge in [0.1, 0.15) is 0 Å². The maximum atomic E-state index is 12.1. The summed E-state index contributed by atoms with van der Waals surface area (Å²) in [6, 6.07) is 17.8. The first kappa shape index (κ1) is 17.2. The first-order valence-electron chi connectivity index (χ1n) is 8.68. The van der Waals surface area contributed by atoms with Gasteiger partial charge in [-0.3, -0.25) is 4.79 Å². The van der Waals surface area contributed by atoms with E-state index in [1.165, 1.54) is 16.5 Å². The zero-order valence-corrected chi connectivity index (χ0v) is 14.5. The Hall–Kier alpha value is -2.59. The third-order valence-electron chi connectivity index (χ3n) is 4.53. The maximum absolute atomic E-state index is 12.1. The molecule has 0 saturated heterocycles. The Morgan fingerprint density at radius 3 is 2.64 bits per heavy atom. The van der Waals surface area contributed by atoms with Crippen LogP contribution < -0.4 is 5.32 Å². The molecule has 0 saturated carbocycles. The molecule has 2 aromatic carbocycles. The fourth-order valence-corrected chi connectivity index (χ4v) is 3.15. The highest BCUT2D eigenvalue weighted by atomic mass is 16.3. The van der Waals surface area contributed by atoms with E-state index < -0.39 is 6.10 Å². The van der Waals surface area contributed by atoms with Crippen molar-refractivity contribution in [3.8, 4) is 0 Å². The van der Waals surface area contributed by atoms with Crippen molar-refractivity contribution in [1.29, 1.82) is 0 Å². The summed E-state index contributed by atoms with van der Waals surface area (Å²) in [7, 11) is 2.02. The van der Waals surface area contributed by atoms with Crippen LogP contribution in [0.2, 0.25) is 0 Å². The number of benzene rings is 2. The number of aromatic nitrogens is 1. The minimum Gasteiger partial charge on any atom is -0.388 e. The standard InChI is InChI=1S/C21H24N2O2/c1-23-15-17(18-9-5-6-10-19(18)23)11-12-21(25)22-14-13-20(24)16-7-3-2-4-8-16/h2-10,15,20,24H,11-14H2,1H3,(H,22,25). The third kappa shape index (κ3) is 4.28. The lowest BCUT2D eigenvalue weighted by Crippen LogP contribution is -2.25. The van der Waals surface area contributed by atoms with Gasteiger partial charge < -0.3 is 15.0 Å². The molecule has 1 heterocycles. The van der Waals surface area contributed by atoms with Crippen LogP contribution in [0.5, 0.6) is 0 Å². The molecular weight excluding hydrogens is 312 g/mol. The van der Waals surface area contributed by atoms with Gasteiger partial charge in [0.05, 0.1) is 6.10 Å². The average Bonchev–Trinajstić information content (AvgIpc) is 2.97. The largest absolute Gasteiger partial charge is 0.388 e. The number of amides is 1. The van der Waals surface area contributed by atoms with Gasteiger partial charge in [0, 0.05) is 37.1 Å². The number of fused-ring (bicyclic) bond motifs is 1. The molecular formula is C21H24N2O2. The number of hydrogen-bond donors (Lipinski definition) is 2. The van der Waals surface area contributed by atoms with Crippen LogP contribution in [0.4, 0.5) is 0 Å². The van der Waals surface area contributed by atoms with Crippen molar-refractivity contribution in [2.75, 3.05) is 6.54 Å². The number of aliphatic hydroxyl groups excluding tert-OH is 1. The van der Waals surface area contributed by atoms with E-state index in [4.69, 9.17) is 0 Å². The van der Waals surface area contributed by atoms with Crippen molar-refractivity contribution < 1.29 is 9.90 Å². The molecule has 1 unspecified atom stereocenters. The number of carbonyl (C=O) groups is 1. The van der Waals surface area contributed by atoms with Crippen molar-refractivity contribution in [1.82, 2.24) is 9.88 Å². The molecule has 0 aliphatic carbocycles. The van der Waals surface area contributed by atoms with Gasteiger partial charge in [0.25, 0.3) is 0 Å². The van der Waals surface area contributed by atoms with Gasteiger partial charge in [-0.1, -0.05) is 48.5 Å². The van der Waals surface area contributed by atoms with E-state index in [1.807, 2.05) is 49.5 Å². The Morgan fingerprint density at radius 1 is 1.12 bits per heavy atom. The Labute approximate surface area is 148 Å². The Kier molecular flexibility index (Phi) is 5.51. The summed E-state index contributed by atoms with van der Waals surface area (Å²) >= 11 is 0. The van der Waals surface area contributed by atoms with Gasteiger partial charge in [-0.25, -0.2) is 0 Å². The first-order valence-corrected chi connectivity index (χ1v) is 8.68. The smallest absolute Gasteiger partial charge is 0.220 e. The van der Waals surface area contributed by atoms with Crippen LogP contribution in [0.25, 0.3) is 10.9 Å². The van der Waals surface area contributed by atoms with Gasteiger partial charge in [-0.15, -0.1) is 0 Å². The van der Waals surface area contributed by atoms with Crippen LogP contribution in [0.1, 0.15) is 30.1 Å². The number of aryl methyl sites for hydroxylation is 2. The summed E-state index contributed by atoms with van der Waals surface area (Å²) in [5.74, 6) is 0.0215. The molecule has 0 aliphatic heterocycles. The molecule has 2 N–H and O–H groups in total. The minimum atomic E-state index is -0.542. The molecule has 1 aromatic heterocycles. The van der Waals surface area contributed by atoms with E-state index in [-0.39, 0.29) is 5.91 Å². The molecule has 0 radical (unpaired) electrons. The predicted molar refractivity (Wildman–Crippen MR) is 100 cm³/mol. The summed E-state index contributed by atoms with van der Waals surface area (Å²) in [4.78, 5) is 12.1. The van der Waals surface area contributed by atoms with Crippen molar-refractivity contribution in [3.05, 3.63) is 71.9 Å². The van der Waals surface area contributed by atoms with Crippen molar-refractivity contribution >= 4 is 16.8 Å². The topological polar surface area (TPSA) is 54.3 Å². The van der Waals surface area contributed by atoms with Gasteiger partial charge in [-0.05, 0) is 30.0 Å². The zero-order chi connectivity index (χ0) is 17.6. The van der Waals surface area contributed by atoms with Gasteiger partial charge in [-0.2, -0.15) is 0 Å². The van der Waals surface area contributed by atoms with Crippen molar-refractivity contribution in [2.24, 2.45) is 7.05 Å². The van der Waals surface area contributed by atoms with Crippen LogP contribution >= 0.6 is 0 Å². The summed E-state index contributed by atoms with van der Waals surface area (Å²) in [6.07, 6.45) is 3.24. The molecule has 0 spiro atoms. The molecule has 4 nitrogen and oxygen atoms in total. The lowest BCUT2D eigenvalue weighted by atomic mass is 10.1. The number of para-hydroxylation sites is 1. The van der Waals surface area contributed by atoms with Crippen LogP contribution in [0.15, 0.2) is 60.8 Å². The van der Waals surface area contributed by atoms with Gasteiger partial charge >= 0.3 is 0 Å². The van der Waals surface area contributed by atoms with E-state index in [0.717, 1.165) is 5.56 Å². The lowest BCUT2D eigenvalue weighted by molar-refractivity contribution is -0.121. The number of hydrogen-bond acceptors (Lipinski definition) is 2. The lowest BCUT2D eigenvalue weighted by Gasteiger charge is -2.11. The summed E-state index contributed by atoms with van der Waals surface area (Å²) in [5.41, 5.74) is 3.26. The van der Waals surface area contributed by atoms with Crippen LogP contribution in [-0.4, -0.2) is 22.1 Å². The molecule has 0 aliphatic rings. The average molecular weight is 336 g/mol. The van der Waals surface area contributed by atoms with Crippen LogP contribution in [-0.2, 0) is 18.3 Å². The third-order valence-corrected chi connectivity index (χ3v) is 4.53. The SMILES string of the molecule is Cn1cc(CCC(=O)NCCC(O)c2ccccc2)c2ccccc21. The second-order valence-corrected chi connectivity index (χ2v) is 6.35. The molecule has 4 heteroatoms. The monoisotopic (exact) mass is 336 g/mol. The van der Waals surface area contributed by atoms with Crippen molar-refractivity contribution in [2.45, 2.75) is 25.4 Å². The normalized spacial score (nSPS) is 12.2. The molecule has 0 bridgehead atoms. The summed E-state index contributed by atoms with van der Waals surface area (Å²) in [5, 5.41) is 14.2. The fourth-order valence-electron chi connectivity index (χ4n) is 3.15. The maximum Gasteiger partial charge on any atom is 0.220 e. The van der Waals surface area contributed by atoms with E-state index in [0.29, 0.717) is 25.8 Å². The Bertz CT molecular complexity index is 839. The molecule has 1 atom stereocenters. The summed E-state index contributed by atoms with van der Waals surface area (Å²) in [6.45, 7) is 0.477. The molecule has 25 heavy (non-hydrogen) atoms. The number of carbonyl (C=O) groups excluding carboxylic acids is 1. The fraction of sp³-hybridized carbons (Fsp3) is 0.286. The van der Waals surface area contributed by atoms with Gasteiger partial charge in [0.15, 0.2) is 0 Å². The molecule has 0 fully saturated rings. The highest BCUT2D eigenvalue weighted by Crippen LogP contribution is 2.21. The predicted octanol–water partition coefficient (Wildman–Crippen LogP) is 3.35. The number of nitrogens with one attached hydrogen (secondary N) is 1. The molecule has 3 aromatic rings. The van der Waals surface area contributed by atoms with Gasteiger partial charge in [0.2, 0.25) is 5.91 Å². The number of rotatable bonds is 7. The minimum absolute atomic E-state index is 0.0215. The highest BCUT2D eigenvalue weighted by molar-refractivity contribution is 5.84. The summed E-state index contributed by atoms with van der Waals surface area (Å²) < 4.78 is 2.10. The Morgan fingerprint density at radius 2 is 1.84 bits per heavy atom. The second-order valence-electron chi connectivity index (χ2n) is 6.35. The quantitative estimate of drug-likeness (QED) is 0.695. The first-order chi connectivity index (χ1) is 12.1. The van der Waals surface area contributed by atoms with E-state index in [2.05, 4.69) is 28.2 Å². The van der Waals surface area contributed by atoms with Crippen LogP contribution in [0, 0.1) is 0 Å². The van der Waals surface area contributed by atoms with E-state index >= 15 is 0 Å². The highest BCUT2D eigenvalue weighted by Gasteiger charge is 2.10. The zero-order valence-electron chi connectivity index (χ0n) is 14.5.